The summed E-state index contributed by atoms with van der Waals surface area (Å²) in [5.74, 6) is -0.495. The average molecular weight is 297 g/mol. The number of amides is 1. The Labute approximate surface area is 120 Å². The van der Waals surface area contributed by atoms with Gasteiger partial charge in [0.1, 0.15) is 5.69 Å². The molecule has 0 radical (unpaired) electrons. The number of carbonyl (C=O) groups is 1. The SMILES string of the molecule is CCn1ncc(C(C)NC(=O)c2ccn(C(F)F)n2)c1C. The van der Waals surface area contributed by atoms with E-state index in [1.165, 1.54) is 6.07 Å². The van der Waals surface area contributed by atoms with Crippen LogP contribution >= 0.6 is 0 Å². The summed E-state index contributed by atoms with van der Waals surface area (Å²) in [6.45, 7) is 3.69. The standard InChI is InChI=1S/C13H17F2N5O/c1-4-19-9(3)10(7-16-19)8(2)17-12(21)11-5-6-20(18-11)13(14)15/h5-8,13H,4H2,1-3H3,(H,17,21). The highest BCUT2D eigenvalue weighted by Gasteiger charge is 2.18. The van der Waals surface area contributed by atoms with Crippen molar-refractivity contribution in [2.24, 2.45) is 0 Å². The van der Waals surface area contributed by atoms with Gasteiger partial charge in [-0.15, -0.1) is 0 Å². The molecule has 0 saturated heterocycles. The summed E-state index contributed by atoms with van der Waals surface area (Å²) < 4.78 is 27.1. The number of nitrogens with one attached hydrogen (secondary N) is 1. The Hall–Kier alpha value is -2.25. The van der Waals surface area contributed by atoms with E-state index < -0.39 is 12.5 Å². The lowest BCUT2D eigenvalue weighted by atomic mass is 10.1. The summed E-state index contributed by atoms with van der Waals surface area (Å²) in [6.07, 6.45) is 2.77. The molecule has 2 heterocycles. The Bertz CT molecular complexity index is 634. The Morgan fingerprint density at radius 3 is 2.71 bits per heavy atom. The number of aryl methyl sites for hydroxylation is 1. The third-order valence-corrected chi connectivity index (χ3v) is 3.30. The fourth-order valence-electron chi connectivity index (χ4n) is 2.12. The number of hydrogen-bond donors (Lipinski definition) is 1. The number of rotatable bonds is 5. The van der Waals surface area contributed by atoms with Gasteiger partial charge in [0.15, 0.2) is 0 Å². The molecule has 0 aromatic carbocycles. The smallest absolute Gasteiger partial charge is 0.333 e. The third-order valence-electron chi connectivity index (χ3n) is 3.30. The quantitative estimate of drug-likeness (QED) is 0.921. The molecular formula is C13H17F2N5O. The van der Waals surface area contributed by atoms with E-state index in [0.717, 1.165) is 24.0 Å². The van der Waals surface area contributed by atoms with Crippen molar-refractivity contribution in [2.75, 3.05) is 0 Å². The second-order valence-corrected chi connectivity index (χ2v) is 4.65. The molecule has 114 valence electrons. The van der Waals surface area contributed by atoms with E-state index in [2.05, 4.69) is 15.5 Å². The van der Waals surface area contributed by atoms with Crippen LogP contribution in [0.2, 0.25) is 0 Å². The van der Waals surface area contributed by atoms with E-state index in [0.29, 0.717) is 4.68 Å². The van der Waals surface area contributed by atoms with Crippen molar-refractivity contribution in [3.05, 3.63) is 35.4 Å². The molecule has 1 N–H and O–H groups in total. The summed E-state index contributed by atoms with van der Waals surface area (Å²) >= 11 is 0. The van der Waals surface area contributed by atoms with Gasteiger partial charge in [-0.2, -0.15) is 19.0 Å². The Morgan fingerprint density at radius 2 is 2.19 bits per heavy atom. The number of alkyl halides is 2. The fraction of sp³-hybridized carbons (Fsp3) is 0.462. The number of halogens is 2. The Kier molecular flexibility index (Phi) is 4.35. The van der Waals surface area contributed by atoms with Crippen LogP contribution in [0.25, 0.3) is 0 Å². The lowest BCUT2D eigenvalue weighted by Gasteiger charge is -2.13. The second kappa shape index (κ2) is 6.02. The number of carbonyl (C=O) groups excluding carboxylic acids is 1. The van der Waals surface area contributed by atoms with Gasteiger partial charge >= 0.3 is 6.55 Å². The zero-order chi connectivity index (χ0) is 15.6. The molecular weight excluding hydrogens is 280 g/mol. The summed E-state index contributed by atoms with van der Waals surface area (Å²) in [6, 6.07) is 0.978. The predicted octanol–water partition coefficient (Wildman–Crippen LogP) is 2.29. The molecule has 0 bridgehead atoms. The zero-order valence-corrected chi connectivity index (χ0v) is 12.0. The molecule has 2 aromatic heterocycles. The molecule has 1 amide bonds. The molecule has 0 saturated carbocycles. The largest absolute Gasteiger partial charge is 0.344 e. The molecule has 21 heavy (non-hydrogen) atoms. The lowest BCUT2D eigenvalue weighted by Crippen LogP contribution is -2.27. The molecule has 0 spiro atoms. The van der Waals surface area contributed by atoms with E-state index >= 15 is 0 Å². The molecule has 0 aliphatic carbocycles. The highest BCUT2D eigenvalue weighted by Crippen LogP contribution is 2.17. The summed E-state index contributed by atoms with van der Waals surface area (Å²) in [7, 11) is 0. The van der Waals surface area contributed by atoms with Gasteiger partial charge in [-0.25, -0.2) is 4.68 Å². The lowest BCUT2D eigenvalue weighted by molar-refractivity contribution is 0.0559. The van der Waals surface area contributed by atoms with Crippen LogP contribution in [0, 0.1) is 6.92 Å². The maximum Gasteiger partial charge on any atom is 0.333 e. The Balaban J connectivity index is 2.09. The maximum absolute atomic E-state index is 12.4. The summed E-state index contributed by atoms with van der Waals surface area (Å²) in [4.78, 5) is 12.0. The van der Waals surface area contributed by atoms with E-state index in [4.69, 9.17) is 0 Å². The first-order valence-electron chi connectivity index (χ1n) is 6.60. The van der Waals surface area contributed by atoms with Crippen LogP contribution in [0.4, 0.5) is 8.78 Å². The minimum Gasteiger partial charge on any atom is -0.344 e. The number of aromatic nitrogens is 4. The Morgan fingerprint density at radius 1 is 1.48 bits per heavy atom. The van der Waals surface area contributed by atoms with Crippen LogP contribution in [0.1, 0.15) is 48.2 Å². The minimum absolute atomic E-state index is 0.0392. The van der Waals surface area contributed by atoms with E-state index in [-0.39, 0.29) is 11.7 Å². The number of nitrogens with zero attached hydrogens (tertiary/aromatic N) is 4. The molecule has 0 aliphatic rings. The molecule has 6 nitrogen and oxygen atoms in total. The second-order valence-electron chi connectivity index (χ2n) is 4.65. The highest BCUT2D eigenvalue weighted by atomic mass is 19.3. The monoisotopic (exact) mass is 297 g/mol. The van der Waals surface area contributed by atoms with Crippen LogP contribution < -0.4 is 5.32 Å². The molecule has 1 unspecified atom stereocenters. The predicted molar refractivity (Wildman–Crippen MR) is 72.0 cm³/mol. The van der Waals surface area contributed by atoms with Gasteiger partial charge in [0, 0.05) is 24.0 Å². The first-order chi connectivity index (χ1) is 9.93. The van der Waals surface area contributed by atoms with Gasteiger partial charge in [0.05, 0.1) is 12.2 Å². The van der Waals surface area contributed by atoms with Gasteiger partial charge in [-0.05, 0) is 26.8 Å². The van der Waals surface area contributed by atoms with Crippen molar-refractivity contribution in [3.63, 3.8) is 0 Å². The van der Waals surface area contributed by atoms with E-state index in [1.807, 2.05) is 25.5 Å². The van der Waals surface area contributed by atoms with Crippen molar-refractivity contribution >= 4 is 5.91 Å². The van der Waals surface area contributed by atoms with E-state index in [1.54, 1.807) is 6.20 Å². The van der Waals surface area contributed by atoms with Crippen LogP contribution in [0.3, 0.4) is 0 Å². The van der Waals surface area contributed by atoms with Gasteiger partial charge in [-0.1, -0.05) is 0 Å². The minimum atomic E-state index is -2.76. The molecule has 0 aliphatic heterocycles. The third kappa shape index (κ3) is 3.09. The van der Waals surface area contributed by atoms with Crippen LogP contribution in [0.15, 0.2) is 18.5 Å². The van der Waals surface area contributed by atoms with Crippen molar-refractivity contribution < 1.29 is 13.6 Å². The topological polar surface area (TPSA) is 64.7 Å². The van der Waals surface area contributed by atoms with Crippen molar-refractivity contribution in [3.8, 4) is 0 Å². The molecule has 2 rings (SSSR count). The van der Waals surface area contributed by atoms with Crippen molar-refractivity contribution in [2.45, 2.75) is 39.9 Å². The van der Waals surface area contributed by atoms with Crippen LogP contribution in [0.5, 0.6) is 0 Å². The van der Waals surface area contributed by atoms with Gasteiger partial charge < -0.3 is 5.32 Å². The van der Waals surface area contributed by atoms with Crippen molar-refractivity contribution in [1.82, 2.24) is 24.9 Å². The number of hydrogen-bond acceptors (Lipinski definition) is 3. The van der Waals surface area contributed by atoms with Crippen molar-refractivity contribution in [1.29, 1.82) is 0 Å². The van der Waals surface area contributed by atoms with Crippen LogP contribution in [-0.4, -0.2) is 25.5 Å². The highest BCUT2D eigenvalue weighted by molar-refractivity contribution is 5.92. The molecule has 2 aromatic rings. The first kappa shape index (κ1) is 15.1. The molecule has 0 fully saturated rings. The zero-order valence-electron chi connectivity index (χ0n) is 12.0. The normalized spacial score (nSPS) is 12.7. The summed E-state index contributed by atoms with van der Waals surface area (Å²) in [5.41, 5.74) is 1.81. The fourth-order valence-corrected chi connectivity index (χ4v) is 2.12. The van der Waals surface area contributed by atoms with Gasteiger partial charge in [0.25, 0.3) is 5.91 Å². The first-order valence-corrected chi connectivity index (χ1v) is 6.60. The average Bonchev–Trinajstić information content (AvgIpc) is 3.04. The van der Waals surface area contributed by atoms with Crippen LogP contribution in [-0.2, 0) is 6.54 Å². The van der Waals surface area contributed by atoms with E-state index in [9.17, 15) is 13.6 Å². The maximum atomic E-state index is 12.4. The molecule has 8 heteroatoms. The van der Waals surface area contributed by atoms with Gasteiger partial charge in [0.2, 0.25) is 0 Å². The molecule has 1 atom stereocenters. The summed E-state index contributed by atoms with van der Waals surface area (Å²) in [5, 5.41) is 10.5. The van der Waals surface area contributed by atoms with Gasteiger partial charge in [-0.3, -0.25) is 9.48 Å².